The Morgan fingerprint density at radius 1 is 1.05 bits per heavy atom. The van der Waals surface area contributed by atoms with E-state index in [1.54, 1.807) is 7.11 Å². The number of rotatable bonds is 14. The molecule has 2 aromatic rings. The lowest BCUT2D eigenvalue weighted by Crippen LogP contribution is -2.49. The second kappa shape index (κ2) is 14.5. The summed E-state index contributed by atoms with van der Waals surface area (Å²) in [6, 6.07) is 9.93. The van der Waals surface area contributed by atoms with Gasteiger partial charge < -0.3 is 30.1 Å². The van der Waals surface area contributed by atoms with Gasteiger partial charge in [0.25, 0.3) is 10.9 Å². The van der Waals surface area contributed by atoms with Crippen LogP contribution >= 0.6 is 0 Å². The summed E-state index contributed by atoms with van der Waals surface area (Å²) < 4.78 is 11.6. The normalized spacial score (nSPS) is 20.0. The fraction of sp³-hybridized carbons (Fsp3) is 0.633. The fourth-order valence-corrected chi connectivity index (χ4v) is 6.27. The Morgan fingerprint density at radius 3 is 2.54 bits per heavy atom. The minimum atomic E-state index is -1.09. The van der Waals surface area contributed by atoms with Crippen LogP contribution in [0.4, 0.5) is 16.2 Å². The summed E-state index contributed by atoms with van der Waals surface area (Å²) in [4.78, 5) is 38.9. The number of carbonyl (C=O) groups is 1. The third-order valence-electron chi connectivity index (χ3n) is 8.20. The zero-order valence-corrected chi connectivity index (χ0v) is 23.0. The van der Waals surface area contributed by atoms with Crippen LogP contribution in [0.25, 0.3) is 0 Å². The van der Waals surface area contributed by atoms with Crippen molar-refractivity contribution in [1.82, 2.24) is 5.32 Å². The SMILES string of the molecule is COCCCOC(c1ccccc1)C1CCCN(c2c(N[C@H](CNC(=O)O)CC3CCCCC3)c(=O)c2=O)C1. The van der Waals surface area contributed by atoms with E-state index >= 15 is 0 Å². The van der Waals surface area contributed by atoms with Crippen molar-refractivity contribution in [1.29, 1.82) is 0 Å². The lowest BCUT2D eigenvalue weighted by Gasteiger charge is -2.39. The maximum absolute atomic E-state index is 12.9. The molecule has 0 bridgehead atoms. The van der Waals surface area contributed by atoms with E-state index < -0.39 is 17.0 Å². The van der Waals surface area contributed by atoms with Crippen LogP contribution in [0.2, 0.25) is 0 Å². The van der Waals surface area contributed by atoms with Crippen LogP contribution in [0, 0.1) is 11.8 Å². The lowest BCUT2D eigenvalue weighted by atomic mass is 9.84. The van der Waals surface area contributed by atoms with Gasteiger partial charge in [0.05, 0.1) is 6.10 Å². The molecule has 214 valence electrons. The third kappa shape index (κ3) is 7.82. The molecule has 3 atom stereocenters. The molecule has 9 heteroatoms. The van der Waals surface area contributed by atoms with Crippen molar-refractivity contribution in [2.45, 2.75) is 69.9 Å². The molecule has 1 heterocycles. The van der Waals surface area contributed by atoms with Crippen molar-refractivity contribution in [3.63, 3.8) is 0 Å². The van der Waals surface area contributed by atoms with Crippen LogP contribution in [-0.2, 0) is 9.47 Å². The van der Waals surface area contributed by atoms with Gasteiger partial charge in [0.1, 0.15) is 11.4 Å². The summed E-state index contributed by atoms with van der Waals surface area (Å²) in [5, 5.41) is 15.0. The molecule has 1 aliphatic heterocycles. The molecule has 3 N–H and O–H groups in total. The average Bonchev–Trinajstić information content (AvgIpc) is 2.96. The molecule has 4 rings (SSSR count). The first-order valence-corrected chi connectivity index (χ1v) is 14.4. The highest BCUT2D eigenvalue weighted by Crippen LogP contribution is 2.36. The summed E-state index contributed by atoms with van der Waals surface area (Å²) >= 11 is 0. The summed E-state index contributed by atoms with van der Waals surface area (Å²) in [7, 11) is 1.68. The predicted molar refractivity (Wildman–Crippen MR) is 153 cm³/mol. The molecule has 1 aliphatic carbocycles. The molecule has 39 heavy (non-hydrogen) atoms. The van der Waals surface area contributed by atoms with Gasteiger partial charge >= 0.3 is 6.09 Å². The molecule has 0 spiro atoms. The molecule has 2 unspecified atom stereocenters. The topological polar surface area (TPSA) is 117 Å². The minimum Gasteiger partial charge on any atom is -0.465 e. The number of amides is 1. The van der Waals surface area contributed by atoms with Crippen LogP contribution in [0.3, 0.4) is 0 Å². The van der Waals surface area contributed by atoms with Gasteiger partial charge in [-0.25, -0.2) is 4.79 Å². The van der Waals surface area contributed by atoms with Gasteiger partial charge in [-0.05, 0) is 37.2 Å². The fourth-order valence-electron chi connectivity index (χ4n) is 6.27. The van der Waals surface area contributed by atoms with E-state index in [1.165, 1.54) is 19.3 Å². The number of ether oxygens (including phenoxy) is 2. The van der Waals surface area contributed by atoms with Crippen molar-refractivity contribution >= 4 is 17.5 Å². The summed E-state index contributed by atoms with van der Waals surface area (Å²) in [5.41, 5.74) is 0.924. The van der Waals surface area contributed by atoms with Crippen molar-refractivity contribution in [3.05, 3.63) is 56.3 Å². The molecular formula is C30H43N3O6. The Balaban J connectivity index is 1.49. The van der Waals surface area contributed by atoms with Gasteiger partial charge in [-0.3, -0.25) is 9.59 Å². The zero-order chi connectivity index (χ0) is 27.6. The highest BCUT2D eigenvalue weighted by molar-refractivity contribution is 5.76. The Labute approximate surface area is 230 Å². The van der Waals surface area contributed by atoms with Crippen LogP contribution in [0.5, 0.6) is 0 Å². The van der Waals surface area contributed by atoms with Crippen LogP contribution in [0.1, 0.15) is 69.5 Å². The molecule has 1 amide bonds. The van der Waals surface area contributed by atoms with E-state index in [0.29, 0.717) is 43.6 Å². The second-order valence-corrected chi connectivity index (χ2v) is 11.0. The maximum atomic E-state index is 12.9. The molecule has 0 aromatic heterocycles. The second-order valence-electron chi connectivity index (χ2n) is 11.0. The number of nitrogens with one attached hydrogen (secondary N) is 2. The van der Waals surface area contributed by atoms with Crippen molar-refractivity contribution in [3.8, 4) is 0 Å². The average molecular weight is 542 g/mol. The van der Waals surface area contributed by atoms with E-state index in [0.717, 1.165) is 44.1 Å². The number of hydrogen-bond acceptors (Lipinski definition) is 7. The highest BCUT2D eigenvalue weighted by atomic mass is 16.5. The smallest absolute Gasteiger partial charge is 0.404 e. The Bertz CT molecular complexity index is 1110. The van der Waals surface area contributed by atoms with E-state index in [4.69, 9.17) is 9.47 Å². The number of nitrogens with zero attached hydrogens (tertiary/aromatic N) is 1. The quantitative estimate of drug-likeness (QED) is 0.239. The predicted octanol–water partition coefficient (Wildman–Crippen LogP) is 4.31. The molecule has 2 aliphatic rings. The Kier molecular flexibility index (Phi) is 10.8. The number of carboxylic acid groups (broad SMARTS) is 1. The van der Waals surface area contributed by atoms with Crippen LogP contribution in [-0.4, -0.2) is 57.2 Å². The maximum Gasteiger partial charge on any atom is 0.404 e. The first-order valence-electron chi connectivity index (χ1n) is 14.4. The van der Waals surface area contributed by atoms with E-state index in [-0.39, 0.29) is 24.6 Å². The highest BCUT2D eigenvalue weighted by Gasteiger charge is 2.35. The molecule has 9 nitrogen and oxygen atoms in total. The lowest BCUT2D eigenvalue weighted by molar-refractivity contribution is -0.00235. The largest absolute Gasteiger partial charge is 0.465 e. The van der Waals surface area contributed by atoms with Gasteiger partial charge in [0.2, 0.25) is 0 Å². The van der Waals surface area contributed by atoms with E-state index in [2.05, 4.69) is 22.8 Å². The molecular weight excluding hydrogens is 498 g/mol. The van der Waals surface area contributed by atoms with Crippen LogP contribution < -0.4 is 26.4 Å². The van der Waals surface area contributed by atoms with Crippen LogP contribution in [0.15, 0.2) is 39.9 Å². The summed E-state index contributed by atoms with van der Waals surface area (Å²) in [6.45, 7) is 2.72. The van der Waals surface area contributed by atoms with Gasteiger partial charge in [-0.2, -0.15) is 0 Å². The van der Waals surface area contributed by atoms with E-state index in [9.17, 15) is 19.5 Å². The standard InChI is InChI=1S/C30H43N3O6/c1-38-16-9-17-39-29(22-12-6-3-7-13-22)23-14-8-15-33(20-23)26-25(27(34)28(26)35)32-24(19-31-30(36)37)18-21-10-4-2-5-11-21/h3,6-7,12-13,21,23-24,29,31-32H,2,4-5,8-11,14-20H2,1H3,(H,36,37)/t23?,24-,29?/m0/s1. The van der Waals surface area contributed by atoms with Gasteiger partial charge in [0, 0.05) is 51.9 Å². The number of hydrogen-bond donors (Lipinski definition) is 3. The van der Waals surface area contributed by atoms with Crippen molar-refractivity contribution in [2.75, 3.05) is 50.2 Å². The molecule has 2 fully saturated rings. The first-order chi connectivity index (χ1) is 19.0. The number of anilines is 2. The van der Waals surface area contributed by atoms with Gasteiger partial charge in [0.15, 0.2) is 0 Å². The summed E-state index contributed by atoms with van der Waals surface area (Å²) in [5.74, 6) is 0.649. The van der Waals surface area contributed by atoms with Crippen molar-refractivity contribution in [2.24, 2.45) is 11.8 Å². The molecule has 1 saturated heterocycles. The first kappa shape index (κ1) is 29.1. The third-order valence-corrected chi connectivity index (χ3v) is 8.20. The number of benzene rings is 1. The molecule has 0 radical (unpaired) electrons. The minimum absolute atomic E-state index is 0.118. The monoisotopic (exact) mass is 541 g/mol. The van der Waals surface area contributed by atoms with Gasteiger partial charge in [-0.15, -0.1) is 0 Å². The Morgan fingerprint density at radius 2 is 1.82 bits per heavy atom. The Hall–Kier alpha value is -2.91. The van der Waals surface area contributed by atoms with Crippen molar-refractivity contribution < 1.29 is 19.4 Å². The summed E-state index contributed by atoms with van der Waals surface area (Å²) in [6.07, 6.45) is 8.04. The molecule has 2 aromatic carbocycles. The van der Waals surface area contributed by atoms with Gasteiger partial charge in [-0.1, -0.05) is 62.4 Å². The number of methoxy groups -OCH3 is 1. The van der Waals surface area contributed by atoms with E-state index in [1.807, 2.05) is 23.1 Å². The molecule has 1 saturated carbocycles. The zero-order valence-electron chi connectivity index (χ0n) is 23.0. The number of piperidine rings is 1.